The Morgan fingerprint density at radius 3 is 3.28 bits per heavy atom. The van der Waals surface area contributed by atoms with Gasteiger partial charge in [0.25, 0.3) is 0 Å². The Balaban J connectivity index is 1.88. The van der Waals surface area contributed by atoms with E-state index >= 15 is 0 Å². The molecule has 6 nitrogen and oxygen atoms in total. The molecule has 4 N–H and O–H groups in total. The fourth-order valence-electron chi connectivity index (χ4n) is 2.95. The Morgan fingerprint density at radius 2 is 2.44 bits per heavy atom. The van der Waals surface area contributed by atoms with E-state index in [1.807, 2.05) is 12.1 Å². The normalized spacial score (nSPS) is 26.7. The van der Waals surface area contributed by atoms with E-state index < -0.39 is 0 Å². The minimum Gasteiger partial charge on any atom is -0.366 e. The monoisotopic (exact) mass is 247 g/mol. The quantitative estimate of drug-likeness (QED) is 0.509. The van der Waals surface area contributed by atoms with Gasteiger partial charge in [-0.2, -0.15) is 0 Å². The van der Waals surface area contributed by atoms with Crippen LogP contribution in [0.15, 0.2) is 18.3 Å². The first-order chi connectivity index (χ1) is 8.79. The number of pyridine rings is 1. The summed E-state index contributed by atoms with van der Waals surface area (Å²) in [6, 6.07) is 4.15. The zero-order valence-electron chi connectivity index (χ0n) is 10.1. The highest BCUT2D eigenvalue weighted by Crippen LogP contribution is 2.31. The van der Waals surface area contributed by atoms with E-state index in [1.165, 1.54) is 0 Å². The number of nitrogens with zero attached hydrogens (tertiary/aromatic N) is 2. The van der Waals surface area contributed by atoms with Crippen LogP contribution in [0.4, 0.5) is 11.5 Å². The molecule has 0 spiro atoms. The number of piperidine rings is 1. The van der Waals surface area contributed by atoms with Crippen molar-refractivity contribution in [1.82, 2.24) is 10.3 Å². The molecule has 1 amide bonds. The summed E-state index contributed by atoms with van der Waals surface area (Å²) < 4.78 is 0. The molecule has 3 heterocycles. The molecule has 0 aromatic carbocycles. The molecule has 2 atom stereocenters. The Morgan fingerprint density at radius 1 is 1.56 bits per heavy atom. The number of fused-ring (bicyclic) bond motifs is 1. The average Bonchev–Trinajstić information content (AvgIpc) is 2.81. The molecule has 2 unspecified atom stereocenters. The number of aromatic nitrogens is 1. The number of hydrazine groups is 1. The van der Waals surface area contributed by atoms with Gasteiger partial charge in [0.15, 0.2) is 0 Å². The van der Waals surface area contributed by atoms with E-state index in [0.717, 1.165) is 31.6 Å². The summed E-state index contributed by atoms with van der Waals surface area (Å²) in [5.74, 6) is 6.34. The number of nitrogen functional groups attached to an aromatic ring is 1. The molecule has 2 saturated heterocycles. The molecule has 2 aliphatic heterocycles. The molecule has 2 aliphatic rings. The Kier molecular flexibility index (Phi) is 2.79. The molecule has 0 radical (unpaired) electrons. The molecule has 0 aliphatic carbocycles. The van der Waals surface area contributed by atoms with Crippen LogP contribution >= 0.6 is 0 Å². The van der Waals surface area contributed by atoms with Gasteiger partial charge in [-0.15, -0.1) is 0 Å². The fraction of sp³-hybridized carbons (Fsp3) is 0.500. The van der Waals surface area contributed by atoms with E-state index in [0.29, 0.717) is 5.82 Å². The van der Waals surface area contributed by atoms with Crippen molar-refractivity contribution in [3.05, 3.63) is 18.3 Å². The van der Waals surface area contributed by atoms with Gasteiger partial charge in [-0.05, 0) is 18.9 Å². The lowest BCUT2D eigenvalue weighted by molar-refractivity contribution is -0.122. The fourth-order valence-corrected chi connectivity index (χ4v) is 2.95. The van der Waals surface area contributed by atoms with Gasteiger partial charge in [-0.1, -0.05) is 0 Å². The SMILES string of the molecule is NNc1cc(N2CCCC3C(=O)NCC32)ccn1. The molecule has 2 fully saturated rings. The van der Waals surface area contributed by atoms with Gasteiger partial charge < -0.3 is 15.6 Å². The van der Waals surface area contributed by atoms with Crippen LogP contribution in [0.3, 0.4) is 0 Å². The molecule has 0 bridgehead atoms. The van der Waals surface area contributed by atoms with Gasteiger partial charge >= 0.3 is 0 Å². The first kappa shape index (κ1) is 11.3. The lowest BCUT2D eigenvalue weighted by Crippen LogP contribution is -2.45. The molecule has 96 valence electrons. The van der Waals surface area contributed by atoms with Crippen LogP contribution in [0.25, 0.3) is 0 Å². The summed E-state index contributed by atoms with van der Waals surface area (Å²) in [6.45, 7) is 1.71. The van der Waals surface area contributed by atoms with Gasteiger partial charge in [0, 0.05) is 31.0 Å². The van der Waals surface area contributed by atoms with Crippen molar-refractivity contribution in [3.8, 4) is 0 Å². The first-order valence-corrected chi connectivity index (χ1v) is 6.26. The van der Waals surface area contributed by atoms with Crippen molar-refractivity contribution in [3.63, 3.8) is 0 Å². The maximum Gasteiger partial charge on any atom is 0.225 e. The van der Waals surface area contributed by atoms with Crippen LogP contribution in [-0.4, -0.2) is 30.0 Å². The van der Waals surface area contributed by atoms with Gasteiger partial charge in [-0.3, -0.25) is 4.79 Å². The summed E-state index contributed by atoms with van der Waals surface area (Å²) in [4.78, 5) is 18.1. The van der Waals surface area contributed by atoms with E-state index in [2.05, 4.69) is 20.6 Å². The number of carbonyl (C=O) groups is 1. The molecule has 1 aromatic heterocycles. The molecule has 18 heavy (non-hydrogen) atoms. The third-order valence-electron chi connectivity index (χ3n) is 3.82. The lowest BCUT2D eigenvalue weighted by atomic mass is 9.91. The summed E-state index contributed by atoms with van der Waals surface area (Å²) in [5.41, 5.74) is 3.63. The van der Waals surface area contributed by atoms with Crippen LogP contribution in [-0.2, 0) is 4.79 Å². The zero-order valence-corrected chi connectivity index (χ0v) is 10.1. The van der Waals surface area contributed by atoms with Crippen molar-refractivity contribution < 1.29 is 4.79 Å². The number of hydrogen-bond donors (Lipinski definition) is 3. The summed E-state index contributed by atoms with van der Waals surface area (Å²) in [5, 5.41) is 2.95. The van der Waals surface area contributed by atoms with Crippen molar-refractivity contribution >= 4 is 17.4 Å². The van der Waals surface area contributed by atoms with Crippen LogP contribution in [0.1, 0.15) is 12.8 Å². The minimum absolute atomic E-state index is 0.126. The van der Waals surface area contributed by atoms with Crippen LogP contribution in [0.5, 0.6) is 0 Å². The first-order valence-electron chi connectivity index (χ1n) is 6.26. The molecule has 6 heteroatoms. The molecular weight excluding hydrogens is 230 g/mol. The zero-order chi connectivity index (χ0) is 12.5. The van der Waals surface area contributed by atoms with Crippen LogP contribution in [0.2, 0.25) is 0 Å². The Bertz CT molecular complexity index is 464. The van der Waals surface area contributed by atoms with E-state index in [-0.39, 0.29) is 17.9 Å². The summed E-state index contributed by atoms with van der Waals surface area (Å²) >= 11 is 0. The highest BCUT2D eigenvalue weighted by atomic mass is 16.2. The third kappa shape index (κ3) is 1.78. The number of amides is 1. The van der Waals surface area contributed by atoms with Crippen molar-refractivity contribution in [1.29, 1.82) is 0 Å². The molecule has 0 saturated carbocycles. The smallest absolute Gasteiger partial charge is 0.225 e. The molecule has 3 rings (SSSR count). The molecular formula is C12H17N5O. The van der Waals surface area contributed by atoms with E-state index in [4.69, 9.17) is 5.84 Å². The maximum atomic E-state index is 11.7. The van der Waals surface area contributed by atoms with E-state index in [9.17, 15) is 4.79 Å². The highest BCUT2D eigenvalue weighted by molar-refractivity contribution is 5.83. The largest absolute Gasteiger partial charge is 0.366 e. The number of anilines is 2. The highest BCUT2D eigenvalue weighted by Gasteiger charge is 2.40. The second-order valence-corrected chi connectivity index (χ2v) is 4.80. The van der Waals surface area contributed by atoms with Gasteiger partial charge in [0.1, 0.15) is 5.82 Å². The van der Waals surface area contributed by atoms with Crippen molar-refractivity contribution in [2.24, 2.45) is 11.8 Å². The van der Waals surface area contributed by atoms with Crippen molar-refractivity contribution in [2.75, 3.05) is 23.4 Å². The van der Waals surface area contributed by atoms with E-state index in [1.54, 1.807) is 6.20 Å². The predicted octanol–water partition coefficient (Wildman–Crippen LogP) is 0.0820. The topological polar surface area (TPSA) is 83.3 Å². The second-order valence-electron chi connectivity index (χ2n) is 4.80. The minimum atomic E-state index is 0.126. The van der Waals surface area contributed by atoms with Gasteiger partial charge in [-0.25, -0.2) is 10.8 Å². The number of hydrogen-bond acceptors (Lipinski definition) is 5. The standard InChI is InChI=1S/C12H17N5O/c13-16-11-6-8(3-4-14-11)17-5-1-2-9-10(17)7-15-12(9)18/h3-4,6,9-10H,1-2,5,7,13H2,(H,14,16)(H,15,18). The Hall–Kier alpha value is -1.82. The number of carbonyl (C=O) groups excluding carboxylic acids is 1. The molecule has 1 aromatic rings. The number of nitrogens with one attached hydrogen (secondary N) is 2. The van der Waals surface area contributed by atoms with Crippen LogP contribution in [0, 0.1) is 5.92 Å². The van der Waals surface area contributed by atoms with Gasteiger partial charge in [0.2, 0.25) is 5.91 Å². The lowest BCUT2D eigenvalue weighted by Gasteiger charge is -2.37. The second kappa shape index (κ2) is 4.45. The summed E-state index contributed by atoms with van der Waals surface area (Å²) in [7, 11) is 0. The summed E-state index contributed by atoms with van der Waals surface area (Å²) in [6.07, 6.45) is 3.76. The number of nitrogens with two attached hydrogens (primary N) is 1. The maximum absolute atomic E-state index is 11.7. The van der Waals surface area contributed by atoms with Crippen LogP contribution < -0.4 is 21.5 Å². The van der Waals surface area contributed by atoms with Gasteiger partial charge in [0.05, 0.1) is 12.0 Å². The predicted molar refractivity (Wildman–Crippen MR) is 68.9 cm³/mol. The number of rotatable bonds is 2. The third-order valence-corrected chi connectivity index (χ3v) is 3.82. The van der Waals surface area contributed by atoms with Crippen molar-refractivity contribution in [2.45, 2.75) is 18.9 Å². The Labute approximate surface area is 106 Å². The average molecular weight is 247 g/mol.